The van der Waals surface area contributed by atoms with Crippen molar-refractivity contribution in [2.24, 2.45) is 5.73 Å². The summed E-state index contributed by atoms with van der Waals surface area (Å²) in [5.41, 5.74) is 6.38. The van der Waals surface area contributed by atoms with Crippen LogP contribution in [0.4, 0.5) is 4.39 Å². The fourth-order valence-corrected chi connectivity index (χ4v) is 1.56. The molecule has 1 rings (SSSR count). The van der Waals surface area contributed by atoms with Gasteiger partial charge in [0.1, 0.15) is 5.75 Å². The molecule has 0 aliphatic rings. The largest absolute Gasteiger partial charge is 0.493 e. The first kappa shape index (κ1) is 12.3. The fourth-order valence-electron chi connectivity index (χ4n) is 1.30. The van der Waals surface area contributed by atoms with Gasteiger partial charge in [-0.25, -0.2) is 0 Å². The van der Waals surface area contributed by atoms with Gasteiger partial charge in [-0.05, 0) is 25.1 Å². The molecule has 2 N–H and O–H groups in total. The highest BCUT2D eigenvalue weighted by molar-refractivity contribution is 6.31. The van der Waals surface area contributed by atoms with Crippen LogP contribution < -0.4 is 10.5 Å². The smallest absolute Gasteiger partial charge is 0.124 e. The summed E-state index contributed by atoms with van der Waals surface area (Å²) in [5.74, 6) is 0.710. The molecule has 84 valence electrons. The monoisotopic (exact) mass is 231 g/mol. The van der Waals surface area contributed by atoms with E-state index in [0.29, 0.717) is 36.8 Å². The minimum absolute atomic E-state index is 0.368. The Labute approximate surface area is 94.2 Å². The third-order valence-electron chi connectivity index (χ3n) is 2.01. The predicted molar refractivity (Wildman–Crippen MR) is 60.3 cm³/mol. The summed E-state index contributed by atoms with van der Waals surface area (Å²) < 4.78 is 17.3. The van der Waals surface area contributed by atoms with E-state index >= 15 is 0 Å². The van der Waals surface area contributed by atoms with Gasteiger partial charge < -0.3 is 10.5 Å². The summed E-state index contributed by atoms with van der Waals surface area (Å²) >= 11 is 6.01. The summed E-state index contributed by atoms with van der Waals surface area (Å²) in [6.07, 6.45) is 1.07. The fraction of sp³-hybridized carbons (Fsp3) is 0.455. The molecule has 4 heteroatoms. The second-order valence-electron chi connectivity index (χ2n) is 3.15. The molecule has 0 aliphatic heterocycles. The highest BCUT2D eigenvalue weighted by atomic mass is 35.5. The summed E-state index contributed by atoms with van der Waals surface area (Å²) in [6.45, 7) is 0.518. The standard InChI is InChI=1S/C11H15ClFNO/c12-10-3-1-4-11(9(10)5-7-14)15-8-2-6-13/h1,3-4H,2,5-8,14H2. The number of ether oxygens (including phenoxy) is 1. The van der Waals surface area contributed by atoms with Crippen molar-refractivity contribution in [2.75, 3.05) is 19.8 Å². The minimum Gasteiger partial charge on any atom is -0.493 e. The van der Waals surface area contributed by atoms with Crippen LogP contribution in [0.3, 0.4) is 0 Å². The molecule has 0 fully saturated rings. The Morgan fingerprint density at radius 2 is 2.20 bits per heavy atom. The van der Waals surface area contributed by atoms with Crippen molar-refractivity contribution in [3.05, 3.63) is 28.8 Å². The van der Waals surface area contributed by atoms with Crippen LogP contribution in [0.2, 0.25) is 5.02 Å². The predicted octanol–water partition coefficient (Wildman–Crippen LogP) is 2.58. The van der Waals surface area contributed by atoms with Gasteiger partial charge in [-0.3, -0.25) is 4.39 Å². The zero-order valence-corrected chi connectivity index (χ0v) is 9.27. The average molecular weight is 232 g/mol. The first-order chi connectivity index (χ1) is 7.29. The van der Waals surface area contributed by atoms with Crippen LogP contribution in [0.25, 0.3) is 0 Å². The Hall–Kier alpha value is -0.800. The van der Waals surface area contributed by atoms with Gasteiger partial charge in [0.15, 0.2) is 0 Å². The van der Waals surface area contributed by atoms with Gasteiger partial charge in [0.25, 0.3) is 0 Å². The summed E-state index contributed by atoms with van der Waals surface area (Å²) in [4.78, 5) is 0. The van der Waals surface area contributed by atoms with Gasteiger partial charge in [-0.1, -0.05) is 17.7 Å². The van der Waals surface area contributed by atoms with Crippen molar-refractivity contribution in [3.8, 4) is 5.75 Å². The van der Waals surface area contributed by atoms with E-state index in [1.165, 1.54) is 0 Å². The molecule has 2 nitrogen and oxygen atoms in total. The summed E-state index contributed by atoms with van der Waals surface area (Å²) in [7, 11) is 0. The second-order valence-corrected chi connectivity index (χ2v) is 3.55. The Morgan fingerprint density at radius 1 is 1.40 bits per heavy atom. The first-order valence-corrected chi connectivity index (χ1v) is 5.33. The summed E-state index contributed by atoms with van der Waals surface area (Å²) in [5, 5.41) is 0.651. The maximum Gasteiger partial charge on any atom is 0.124 e. The lowest BCUT2D eigenvalue weighted by Gasteiger charge is -2.11. The van der Waals surface area contributed by atoms with Crippen LogP contribution in [0.1, 0.15) is 12.0 Å². The van der Waals surface area contributed by atoms with Crippen LogP contribution in [-0.4, -0.2) is 19.8 Å². The summed E-state index contributed by atoms with van der Waals surface area (Å²) in [6, 6.07) is 5.44. The second kappa shape index (κ2) is 6.64. The highest BCUT2D eigenvalue weighted by Gasteiger charge is 2.06. The third kappa shape index (κ3) is 3.68. The highest BCUT2D eigenvalue weighted by Crippen LogP contribution is 2.26. The van der Waals surface area contributed by atoms with Crippen LogP contribution in [0.5, 0.6) is 5.75 Å². The maximum absolute atomic E-state index is 11.9. The first-order valence-electron chi connectivity index (χ1n) is 4.95. The Morgan fingerprint density at radius 3 is 2.87 bits per heavy atom. The number of nitrogens with two attached hydrogens (primary N) is 1. The van der Waals surface area contributed by atoms with Crippen LogP contribution in [0, 0.1) is 0 Å². The quantitative estimate of drug-likeness (QED) is 0.764. The molecule has 0 bridgehead atoms. The third-order valence-corrected chi connectivity index (χ3v) is 2.36. The van der Waals surface area contributed by atoms with E-state index in [1.54, 1.807) is 6.07 Å². The number of hydrogen-bond donors (Lipinski definition) is 1. The number of rotatable bonds is 6. The molecule has 1 aromatic carbocycles. The molecule has 0 saturated heterocycles. The Balaban J connectivity index is 2.71. The molecule has 0 radical (unpaired) electrons. The molecule has 0 saturated carbocycles. The van der Waals surface area contributed by atoms with E-state index in [1.807, 2.05) is 12.1 Å². The van der Waals surface area contributed by atoms with Crippen molar-refractivity contribution in [1.29, 1.82) is 0 Å². The van der Waals surface area contributed by atoms with Crippen molar-refractivity contribution in [2.45, 2.75) is 12.8 Å². The molecule has 0 unspecified atom stereocenters. The van der Waals surface area contributed by atoms with Crippen LogP contribution >= 0.6 is 11.6 Å². The van der Waals surface area contributed by atoms with Crippen LogP contribution in [0.15, 0.2) is 18.2 Å². The number of hydrogen-bond acceptors (Lipinski definition) is 2. The van der Waals surface area contributed by atoms with Gasteiger partial charge in [0, 0.05) is 17.0 Å². The number of alkyl halides is 1. The lowest BCUT2D eigenvalue weighted by Crippen LogP contribution is -2.07. The van der Waals surface area contributed by atoms with Gasteiger partial charge in [0.05, 0.1) is 13.3 Å². The van der Waals surface area contributed by atoms with Crippen molar-refractivity contribution in [1.82, 2.24) is 0 Å². The lowest BCUT2D eigenvalue weighted by atomic mass is 10.1. The van der Waals surface area contributed by atoms with Gasteiger partial charge in [0.2, 0.25) is 0 Å². The Kier molecular flexibility index (Phi) is 5.43. The molecular formula is C11H15ClFNO. The normalized spacial score (nSPS) is 10.3. The number of halogens is 2. The molecular weight excluding hydrogens is 217 g/mol. The van der Waals surface area contributed by atoms with E-state index in [0.717, 1.165) is 5.56 Å². The van der Waals surface area contributed by atoms with Crippen molar-refractivity contribution in [3.63, 3.8) is 0 Å². The molecule has 0 aromatic heterocycles. The molecule has 0 spiro atoms. The van der Waals surface area contributed by atoms with Crippen molar-refractivity contribution >= 4 is 11.6 Å². The zero-order chi connectivity index (χ0) is 11.1. The average Bonchev–Trinajstić information content (AvgIpc) is 2.23. The van der Waals surface area contributed by atoms with E-state index in [9.17, 15) is 4.39 Å². The maximum atomic E-state index is 11.9. The zero-order valence-electron chi connectivity index (χ0n) is 8.51. The molecule has 1 aromatic rings. The SMILES string of the molecule is NCCc1c(Cl)cccc1OCCCF. The molecule has 0 atom stereocenters. The van der Waals surface area contributed by atoms with E-state index < -0.39 is 0 Å². The van der Waals surface area contributed by atoms with E-state index in [2.05, 4.69) is 0 Å². The molecule has 0 heterocycles. The Bertz CT molecular complexity index is 307. The van der Waals surface area contributed by atoms with Crippen LogP contribution in [-0.2, 0) is 6.42 Å². The van der Waals surface area contributed by atoms with Gasteiger partial charge in [-0.2, -0.15) is 0 Å². The molecule has 0 amide bonds. The molecule has 15 heavy (non-hydrogen) atoms. The number of benzene rings is 1. The lowest BCUT2D eigenvalue weighted by molar-refractivity contribution is 0.287. The van der Waals surface area contributed by atoms with Gasteiger partial charge in [-0.15, -0.1) is 0 Å². The molecule has 0 aliphatic carbocycles. The van der Waals surface area contributed by atoms with Gasteiger partial charge >= 0.3 is 0 Å². The minimum atomic E-state index is -0.368. The topological polar surface area (TPSA) is 35.2 Å². The van der Waals surface area contributed by atoms with E-state index in [4.69, 9.17) is 22.1 Å². The van der Waals surface area contributed by atoms with Crippen molar-refractivity contribution < 1.29 is 9.13 Å². The van der Waals surface area contributed by atoms with E-state index in [-0.39, 0.29) is 6.67 Å².